The lowest BCUT2D eigenvalue weighted by Gasteiger charge is -2.26. The maximum Gasteiger partial charge on any atom is 0.215 e. The summed E-state index contributed by atoms with van der Waals surface area (Å²) in [5.41, 5.74) is 0. The van der Waals surface area contributed by atoms with Crippen molar-refractivity contribution in [1.29, 1.82) is 0 Å². The lowest BCUT2D eigenvalue weighted by Crippen LogP contribution is -2.43. The third-order valence-electron chi connectivity index (χ3n) is 2.88. The van der Waals surface area contributed by atoms with Crippen LogP contribution in [0, 0.1) is 0 Å². The van der Waals surface area contributed by atoms with Gasteiger partial charge in [-0.15, -0.1) is 11.3 Å². The number of thiophene rings is 1. The third kappa shape index (κ3) is 4.40. The number of hydrogen-bond donors (Lipinski definition) is 1. The molecule has 1 fully saturated rings. The van der Waals surface area contributed by atoms with Crippen LogP contribution >= 0.6 is 22.9 Å². The van der Waals surface area contributed by atoms with E-state index in [4.69, 9.17) is 16.3 Å². The molecule has 0 atom stereocenters. The van der Waals surface area contributed by atoms with E-state index in [1.165, 1.54) is 4.31 Å². The van der Waals surface area contributed by atoms with Crippen LogP contribution in [-0.4, -0.2) is 51.3 Å². The van der Waals surface area contributed by atoms with E-state index in [-0.39, 0.29) is 5.75 Å². The summed E-state index contributed by atoms with van der Waals surface area (Å²) in [6.07, 6.45) is 0. The van der Waals surface area contributed by atoms with Gasteiger partial charge < -0.3 is 10.1 Å². The van der Waals surface area contributed by atoms with Gasteiger partial charge in [-0.25, -0.2) is 8.42 Å². The fraction of sp³-hybridized carbons (Fsp3) is 0.636. The topological polar surface area (TPSA) is 58.6 Å². The first-order valence-electron chi connectivity index (χ1n) is 6.08. The van der Waals surface area contributed by atoms with Gasteiger partial charge in [-0.05, 0) is 11.4 Å². The van der Waals surface area contributed by atoms with Crippen LogP contribution in [0.15, 0.2) is 11.4 Å². The van der Waals surface area contributed by atoms with Crippen molar-refractivity contribution >= 4 is 33.0 Å². The van der Waals surface area contributed by atoms with Crippen LogP contribution in [0.25, 0.3) is 0 Å². The fourth-order valence-corrected chi connectivity index (χ4v) is 4.25. The van der Waals surface area contributed by atoms with Crippen LogP contribution in [0.3, 0.4) is 0 Å². The minimum atomic E-state index is -3.17. The zero-order valence-corrected chi connectivity index (χ0v) is 12.9. The normalized spacial score (nSPS) is 17.7. The molecule has 1 aliphatic heterocycles. The van der Waals surface area contributed by atoms with Gasteiger partial charge in [0, 0.05) is 31.1 Å². The molecule has 0 aromatic carbocycles. The summed E-state index contributed by atoms with van der Waals surface area (Å²) in [5, 5.41) is 5.76. The van der Waals surface area contributed by atoms with Crippen LogP contribution < -0.4 is 5.32 Å². The van der Waals surface area contributed by atoms with Crippen LogP contribution in [0.1, 0.15) is 4.88 Å². The minimum absolute atomic E-state index is 0.107. The van der Waals surface area contributed by atoms with Crippen molar-refractivity contribution < 1.29 is 13.2 Å². The van der Waals surface area contributed by atoms with Gasteiger partial charge >= 0.3 is 0 Å². The predicted octanol–water partition coefficient (Wildman–Crippen LogP) is 1.15. The molecule has 0 amide bonds. The lowest BCUT2D eigenvalue weighted by molar-refractivity contribution is 0.0730. The van der Waals surface area contributed by atoms with E-state index in [0.29, 0.717) is 39.4 Å². The first kappa shape index (κ1) is 15.2. The number of nitrogens with one attached hydrogen (secondary N) is 1. The molecule has 1 aromatic heterocycles. The smallest absolute Gasteiger partial charge is 0.215 e. The minimum Gasteiger partial charge on any atom is -0.379 e. The van der Waals surface area contributed by atoms with E-state index < -0.39 is 10.0 Å². The highest BCUT2D eigenvalue weighted by Gasteiger charge is 2.23. The molecule has 0 saturated carbocycles. The highest BCUT2D eigenvalue weighted by Crippen LogP contribution is 2.21. The van der Waals surface area contributed by atoms with Crippen molar-refractivity contribution in [3.8, 4) is 0 Å². The standard InChI is InChI=1S/C11H17ClN2O3S2/c12-10-1-7-18-11(10)9-13-2-8-19(15,16)14-3-5-17-6-4-14/h1,7,13H,2-6,8-9H2. The maximum absolute atomic E-state index is 12.0. The number of hydrogen-bond acceptors (Lipinski definition) is 5. The van der Waals surface area contributed by atoms with Crippen LogP contribution in [0.4, 0.5) is 0 Å². The van der Waals surface area contributed by atoms with Crippen LogP contribution in [0.2, 0.25) is 5.02 Å². The Bertz CT molecular complexity index is 498. The number of nitrogens with zero attached hydrogens (tertiary/aromatic N) is 1. The Morgan fingerprint density at radius 2 is 2.16 bits per heavy atom. The summed E-state index contributed by atoms with van der Waals surface area (Å²) in [6, 6.07) is 1.84. The quantitative estimate of drug-likeness (QED) is 0.798. The second-order valence-electron chi connectivity index (χ2n) is 4.20. The summed E-state index contributed by atoms with van der Waals surface area (Å²) >= 11 is 7.53. The zero-order chi connectivity index (χ0) is 13.7. The molecular weight excluding hydrogens is 308 g/mol. The molecule has 0 aliphatic carbocycles. The fourth-order valence-electron chi connectivity index (χ4n) is 1.81. The molecule has 19 heavy (non-hydrogen) atoms. The number of rotatable bonds is 6. The Labute approximate surface area is 122 Å². The Morgan fingerprint density at radius 3 is 2.79 bits per heavy atom. The number of ether oxygens (including phenoxy) is 1. The molecule has 5 nitrogen and oxygen atoms in total. The monoisotopic (exact) mass is 324 g/mol. The van der Waals surface area contributed by atoms with Gasteiger partial charge in [-0.1, -0.05) is 11.6 Å². The summed E-state index contributed by atoms with van der Waals surface area (Å²) in [7, 11) is -3.17. The number of halogens is 1. The summed E-state index contributed by atoms with van der Waals surface area (Å²) in [5.74, 6) is 0.107. The summed E-state index contributed by atoms with van der Waals surface area (Å²) in [4.78, 5) is 1.03. The molecule has 1 aromatic rings. The molecule has 1 aliphatic rings. The zero-order valence-electron chi connectivity index (χ0n) is 10.5. The van der Waals surface area contributed by atoms with Crippen molar-refractivity contribution in [1.82, 2.24) is 9.62 Å². The van der Waals surface area contributed by atoms with Crippen LogP contribution in [-0.2, 0) is 21.3 Å². The first-order valence-corrected chi connectivity index (χ1v) is 8.94. The summed E-state index contributed by atoms with van der Waals surface area (Å²) in [6.45, 7) is 2.91. The molecule has 8 heteroatoms. The van der Waals surface area contributed by atoms with E-state index in [9.17, 15) is 8.42 Å². The van der Waals surface area contributed by atoms with E-state index in [2.05, 4.69) is 5.32 Å². The molecule has 0 radical (unpaired) electrons. The van der Waals surface area contributed by atoms with Crippen molar-refractivity contribution in [3.63, 3.8) is 0 Å². The van der Waals surface area contributed by atoms with E-state index in [1.54, 1.807) is 11.3 Å². The average Bonchev–Trinajstić information content (AvgIpc) is 2.81. The molecule has 2 heterocycles. The molecule has 0 bridgehead atoms. The molecule has 0 unspecified atom stereocenters. The van der Waals surface area contributed by atoms with E-state index in [0.717, 1.165) is 9.90 Å². The molecule has 1 saturated heterocycles. The predicted molar refractivity (Wildman–Crippen MR) is 77.2 cm³/mol. The SMILES string of the molecule is O=S(=O)(CCNCc1sccc1Cl)N1CCOCC1. The largest absolute Gasteiger partial charge is 0.379 e. The van der Waals surface area contributed by atoms with Crippen molar-refractivity contribution in [2.75, 3.05) is 38.6 Å². The Morgan fingerprint density at radius 1 is 1.42 bits per heavy atom. The highest BCUT2D eigenvalue weighted by molar-refractivity contribution is 7.89. The molecule has 0 spiro atoms. The Balaban J connectivity index is 1.74. The highest BCUT2D eigenvalue weighted by atomic mass is 35.5. The molecule has 2 rings (SSSR count). The van der Waals surface area contributed by atoms with Gasteiger partial charge in [0.2, 0.25) is 10.0 Å². The lowest BCUT2D eigenvalue weighted by atomic mass is 10.4. The van der Waals surface area contributed by atoms with Crippen molar-refractivity contribution in [3.05, 3.63) is 21.3 Å². The van der Waals surface area contributed by atoms with E-state index in [1.807, 2.05) is 11.4 Å². The van der Waals surface area contributed by atoms with Gasteiger partial charge in [0.15, 0.2) is 0 Å². The molecule has 1 N–H and O–H groups in total. The average molecular weight is 325 g/mol. The Hall–Kier alpha value is -0.180. The second kappa shape index (κ2) is 7.01. The van der Waals surface area contributed by atoms with E-state index >= 15 is 0 Å². The van der Waals surface area contributed by atoms with Crippen LogP contribution in [0.5, 0.6) is 0 Å². The second-order valence-corrected chi connectivity index (χ2v) is 7.69. The first-order chi connectivity index (χ1) is 9.09. The Kier molecular flexibility index (Phi) is 5.61. The molecular formula is C11H17ClN2O3S2. The van der Waals surface area contributed by atoms with Gasteiger partial charge in [-0.2, -0.15) is 4.31 Å². The maximum atomic E-state index is 12.0. The summed E-state index contributed by atoms with van der Waals surface area (Å²) < 4.78 is 30.7. The van der Waals surface area contributed by atoms with Gasteiger partial charge in [0.1, 0.15) is 0 Å². The molecule has 108 valence electrons. The third-order valence-corrected chi connectivity index (χ3v) is 6.14. The number of sulfonamides is 1. The van der Waals surface area contributed by atoms with Crippen molar-refractivity contribution in [2.24, 2.45) is 0 Å². The van der Waals surface area contributed by atoms with Gasteiger partial charge in [0.25, 0.3) is 0 Å². The van der Waals surface area contributed by atoms with Crippen molar-refractivity contribution in [2.45, 2.75) is 6.54 Å². The van der Waals surface area contributed by atoms with Gasteiger partial charge in [-0.3, -0.25) is 0 Å². The van der Waals surface area contributed by atoms with Gasteiger partial charge in [0.05, 0.1) is 24.0 Å². The number of morpholine rings is 1.